The van der Waals surface area contributed by atoms with Gasteiger partial charge in [0.25, 0.3) is 0 Å². The van der Waals surface area contributed by atoms with Crippen LogP contribution < -0.4 is 5.32 Å². The van der Waals surface area contributed by atoms with Crippen molar-refractivity contribution in [2.24, 2.45) is 0 Å². The van der Waals surface area contributed by atoms with Crippen molar-refractivity contribution in [3.8, 4) is 0 Å². The van der Waals surface area contributed by atoms with E-state index in [1.54, 1.807) is 0 Å². The average Bonchev–Trinajstić information content (AvgIpc) is 2.87. The van der Waals surface area contributed by atoms with Crippen LogP contribution in [0.2, 0.25) is 0 Å². The van der Waals surface area contributed by atoms with E-state index in [-0.39, 0.29) is 18.1 Å². The summed E-state index contributed by atoms with van der Waals surface area (Å²) in [6.07, 6.45) is 2.73. The van der Waals surface area contributed by atoms with Crippen molar-refractivity contribution in [3.63, 3.8) is 0 Å². The first-order chi connectivity index (χ1) is 9.48. The van der Waals surface area contributed by atoms with Crippen molar-refractivity contribution in [2.75, 3.05) is 26.4 Å². The molecule has 1 rings (SSSR count). The first-order valence-electron chi connectivity index (χ1n) is 7.62. The van der Waals surface area contributed by atoms with Gasteiger partial charge in [-0.3, -0.25) is 10.1 Å². The van der Waals surface area contributed by atoms with E-state index in [1.807, 2.05) is 27.7 Å². The van der Waals surface area contributed by atoms with Gasteiger partial charge in [0, 0.05) is 19.3 Å². The smallest absolute Gasteiger partial charge is 0.326 e. The van der Waals surface area contributed by atoms with Crippen LogP contribution in [0.5, 0.6) is 0 Å². The van der Waals surface area contributed by atoms with E-state index in [1.165, 1.54) is 0 Å². The Labute approximate surface area is 122 Å². The first-order valence-corrected chi connectivity index (χ1v) is 7.62. The number of nitrogens with one attached hydrogen (secondary N) is 1. The molecule has 0 radical (unpaired) electrons. The Balaban J connectivity index is 2.36. The number of ether oxygens (including phenoxy) is 3. The van der Waals surface area contributed by atoms with E-state index < -0.39 is 5.54 Å². The lowest BCUT2D eigenvalue weighted by Gasteiger charge is -2.30. The SMILES string of the molecule is CCOC(=O)C(C)(CCCOC1CCOC1)NC(C)C. The maximum Gasteiger partial charge on any atom is 0.326 e. The summed E-state index contributed by atoms with van der Waals surface area (Å²) in [7, 11) is 0. The maximum atomic E-state index is 12.1. The predicted octanol–water partition coefficient (Wildman–Crippen LogP) is 1.89. The summed E-state index contributed by atoms with van der Waals surface area (Å²) < 4.78 is 16.2. The van der Waals surface area contributed by atoms with Crippen LogP contribution in [0, 0.1) is 0 Å². The third-order valence-electron chi connectivity index (χ3n) is 3.40. The van der Waals surface area contributed by atoms with Gasteiger partial charge in [-0.25, -0.2) is 0 Å². The molecule has 0 aromatic carbocycles. The average molecular weight is 287 g/mol. The molecule has 2 atom stereocenters. The van der Waals surface area contributed by atoms with Gasteiger partial charge in [0.1, 0.15) is 5.54 Å². The molecule has 20 heavy (non-hydrogen) atoms. The predicted molar refractivity (Wildman–Crippen MR) is 77.7 cm³/mol. The Hall–Kier alpha value is -0.650. The lowest BCUT2D eigenvalue weighted by Crippen LogP contribution is -2.53. The van der Waals surface area contributed by atoms with Crippen LogP contribution in [-0.4, -0.2) is 50.1 Å². The van der Waals surface area contributed by atoms with Crippen LogP contribution in [0.4, 0.5) is 0 Å². The molecule has 5 heteroatoms. The Kier molecular flexibility index (Phi) is 7.48. The Bertz CT molecular complexity index is 290. The minimum Gasteiger partial charge on any atom is -0.465 e. The molecule has 0 spiro atoms. The van der Waals surface area contributed by atoms with E-state index in [2.05, 4.69) is 5.32 Å². The second kappa shape index (κ2) is 8.60. The normalized spacial score (nSPS) is 21.9. The minimum absolute atomic E-state index is 0.183. The molecule has 1 heterocycles. The number of esters is 1. The summed E-state index contributed by atoms with van der Waals surface area (Å²) in [6, 6.07) is 0.230. The lowest BCUT2D eigenvalue weighted by atomic mass is 9.95. The fourth-order valence-corrected chi connectivity index (χ4v) is 2.48. The maximum absolute atomic E-state index is 12.1. The van der Waals surface area contributed by atoms with Crippen LogP contribution >= 0.6 is 0 Å². The van der Waals surface area contributed by atoms with Crippen molar-refractivity contribution >= 4 is 5.97 Å². The third-order valence-corrected chi connectivity index (χ3v) is 3.40. The third kappa shape index (κ3) is 5.77. The Morgan fingerprint density at radius 3 is 2.80 bits per heavy atom. The van der Waals surface area contributed by atoms with E-state index in [4.69, 9.17) is 14.2 Å². The molecule has 0 aliphatic carbocycles. The molecule has 5 nitrogen and oxygen atoms in total. The number of hydrogen-bond acceptors (Lipinski definition) is 5. The van der Waals surface area contributed by atoms with E-state index >= 15 is 0 Å². The fourth-order valence-electron chi connectivity index (χ4n) is 2.48. The molecule has 0 saturated carbocycles. The molecule has 1 aliphatic heterocycles. The molecule has 1 saturated heterocycles. The zero-order valence-electron chi connectivity index (χ0n) is 13.2. The van der Waals surface area contributed by atoms with Gasteiger partial charge in [0.05, 0.1) is 19.3 Å². The fraction of sp³-hybridized carbons (Fsp3) is 0.933. The van der Waals surface area contributed by atoms with Crippen molar-refractivity contribution in [1.82, 2.24) is 5.32 Å². The molecular weight excluding hydrogens is 258 g/mol. The summed E-state index contributed by atoms with van der Waals surface area (Å²) >= 11 is 0. The summed E-state index contributed by atoms with van der Waals surface area (Å²) in [4.78, 5) is 12.1. The van der Waals surface area contributed by atoms with E-state index in [9.17, 15) is 4.79 Å². The number of hydrogen-bond donors (Lipinski definition) is 1. The standard InChI is InChI=1S/C15H29NO4/c1-5-19-14(17)15(4,16-12(2)3)8-6-9-20-13-7-10-18-11-13/h12-13,16H,5-11H2,1-4H3. The zero-order valence-corrected chi connectivity index (χ0v) is 13.2. The van der Waals surface area contributed by atoms with Crippen molar-refractivity contribution < 1.29 is 19.0 Å². The topological polar surface area (TPSA) is 56.8 Å². The molecule has 1 N–H and O–H groups in total. The monoisotopic (exact) mass is 287 g/mol. The molecule has 2 unspecified atom stereocenters. The van der Waals surface area contributed by atoms with Crippen LogP contribution in [-0.2, 0) is 19.0 Å². The molecule has 118 valence electrons. The lowest BCUT2D eigenvalue weighted by molar-refractivity contribution is -0.151. The van der Waals surface area contributed by atoms with E-state index in [0.717, 1.165) is 19.4 Å². The van der Waals surface area contributed by atoms with Crippen molar-refractivity contribution in [3.05, 3.63) is 0 Å². The Morgan fingerprint density at radius 1 is 1.50 bits per heavy atom. The minimum atomic E-state index is -0.639. The highest BCUT2D eigenvalue weighted by molar-refractivity contribution is 5.80. The van der Waals surface area contributed by atoms with Crippen LogP contribution in [0.1, 0.15) is 47.0 Å². The van der Waals surface area contributed by atoms with Crippen LogP contribution in [0.3, 0.4) is 0 Å². The second-order valence-corrected chi connectivity index (χ2v) is 5.81. The van der Waals surface area contributed by atoms with Gasteiger partial charge in [-0.2, -0.15) is 0 Å². The van der Waals surface area contributed by atoms with Crippen LogP contribution in [0.15, 0.2) is 0 Å². The van der Waals surface area contributed by atoms with Gasteiger partial charge in [0.2, 0.25) is 0 Å². The molecule has 1 aliphatic rings. The summed E-state index contributed by atoms with van der Waals surface area (Å²) in [5.74, 6) is -0.183. The highest BCUT2D eigenvalue weighted by Gasteiger charge is 2.34. The molecule has 0 aromatic rings. The van der Waals surface area contributed by atoms with Crippen LogP contribution in [0.25, 0.3) is 0 Å². The Morgan fingerprint density at radius 2 is 2.25 bits per heavy atom. The molecular formula is C15H29NO4. The van der Waals surface area contributed by atoms with Gasteiger partial charge in [-0.05, 0) is 47.0 Å². The number of carbonyl (C=O) groups excluding carboxylic acids is 1. The largest absolute Gasteiger partial charge is 0.465 e. The highest BCUT2D eigenvalue weighted by atomic mass is 16.5. The summed E-state index contributed by atoms with van der Waals surface area (Å²) in [5.41, 5.74) is -0.639. The first kappa shape index (κ1) is 17.4. The van der Waals surface area contributed by atoms with E-state index in [0.29, 0.717) is 26.2 Å². The van der Waals surface area contributed by atoms with Crippen molar-refractivity contribution in [2.45, 2.75) is 64.6 Å². The molecule has 0 bridgehead atoms. The summed E-state index contributed by atoms with van der Waals surface area (Å²) in [6.45, 7) is 10.3. The van der Waals surface area contributed by atoms with Gasteiger partial charge in [-0.15, -0.1) is 0 Å². The van der Waals surface area contributed by atoms with Gasteiger partial charge >= 0.3 is 5.97 Å². The van der Waals surface area contributed by atoms with Gasteiger partial charge < -0.3 is 14.2 Å². The quantitative estimate of drug-likeness (QED) is 0.518. The van der Waals surface area contributed by atoms with Gasteiger partial charge in [0.15, 0.2) is 0 Å². The second-order valence-electron chi connectivity index (χ2n) is 5.81. The highest BCUT2D eigenvalue weighted by Crippen LogP contribution is 2.17. The van der Waals surface area contributed by atoms with Crippen molar-refractivity contribution in [1.29, 1.82) is 0 Å². The number of rotatable bonds is 9. The summed E-state index contributed by atoms with van der Waals surface area (Å²) in [5, 5.41) is 3.31. The number of carbonyl (C=O) groups is 1. The van der Waals surface area contributed by atoms with Gasteiger partial charge in [-0.1, -0.05) is 0 Å². The molecule has 0 aromatic heterocycles. The molecule has 1 fully saturated rings. The molecule has 0 amide bonds. The zero-order chi connectivity index (χ0) is 15.0.